The molecule has 0 fully saturated rings. The van der Waals surface area contributed by atoms with Gasteiger partial charge < -0.3 is 9.67 Å². The van der Waals surface area contributed by atoms with E-state index < -0.39 is 11.5 Å². The van der Waals surface area contributed by atoms with Gasteiger partial charge in [0.05, 0.1) is 0 Å². The summed E-state index contributed by atoms with van der Waals surface area (Å²) in [6.45, 7) is 2.01. The standard InChI is InChI=1S/C15H13N3O3S/c1-3-18-13(19)12(7-6-10-5-4-8-17(10)2)22-14(18)11(9-16)15(20)21/h4-6,8H,3H2,1-2H3,(H,20,21)/b14-11-. The van der Waals surface area contributed by atoms with Crippen LogP contribution in [0.1, 0.15) is 12.6 Å². The highest BCUT2D eigenvalue weighted by Gasteiger charge is 2.13. The Morgan fingerprint density at radius 3 is 2.77 bits per heavy atom. The Hall–Kier alpha value is -2.81. The fourth-order valence-corrected chi connectivity index (χ4v) is 2.99. The van der Waals surface area contributed by atoms with Gasteiger partial charge in [0.1, 0.15) is 15.3 Å². The van der Waals surface area contributed by atoms with E-state index in [2.05, 4.69) is 5.73 Å². The van der Waals surface area contributed by atoms with Gasteiger partial charge in [0, 0.05) is 31.6 Å². The van der Waals surface area contributed by atoms with Crippen LogP contribution in [0.2, 0.25) is 0 Å². The van der Waals surface area contributed by atoms with Crippen molar-refractivity contribution in [1.82, 2.24) is 9.13 Å². The largest absolute Gasteiger partial charge is 0.477 e. The predicted octanol–water partition coefficient (Wildman–Crippen LogP) is 0.120. The van der Waals surface area contributed by atoms with Gasteiger partial charge >= 0.3 is 5.97 Å². The van der Waals surface area contributed by atoms with Crippen LogP contribution in [0.15, 0.2) is 23.1 Å². The van der Waals surface area contributed by atoms with Gasteiger partial charge in [-0.05, 0) is 19.1 Å². The van der Waals surface area contributed by atoms with E-state index in [1.807, 2.05) is 29.9 Å². The van der Waals surface area contributed by atoms with Crippen LogP contribution in [0.3, 0.4) is 0 Å². The zero-order chi connectivity index (χ0) is 16.3. The van der Waals surface area contributed by atoms with Crippen molar-refractivity contribution in [1.29, 1.82) is 5.26 Å². The molecule has 0 atom stereocenters. The van der Waals surface area contributed by atoms with E-state index in [0.717, 1.165) is 17.0 Å². The predicted molar refractivity (Wildman–Crippen MR) is 83.4 cm³/mol. The highest BCUT2D eigenvalue weighted by Crippen LogP contribution is 2.00. The van der Waals surface area contributed by atoms with Gasteiger partial charge in [0.2, 0.25) is 0 Å². The van der Waals surface area contributed by atoms with Gasteiger partial charge in [-0.25, -0.2) is 4.79 Å². The second-order valence-corrected chi connectivity index (χ2v) is 5.41. The second kappa shape index (κ2) is 6.31. The molecule has 22 heavy (non-hydrogen) atoms. The summed E-state index contributed by atoms with van der Waals surface area (Å²) in [5.41, 5.74) is 2.97. The van der Waals surface area contributed by atoms with E-state index in [4.69, 9.17) is 10.4 Å². The topological polar surface area (TPSA) is 88.0 Å². The van der Waals surface area contributed by atoms with Crippen molar-refractivity contribution >= 4 is 34.7 Å². The molecule has 2 heterocycles. The van der Waals surface area contributed by atoms with Crippen molar-refractivity contribution < 1.29 is 9.90 Å². The van der Waals surface area contributed by atoms with Crippen molar-refractivity contribution in [3.8, 4) is 6.07 Å². The first kappa shape index (κ1) is 15.6. The van der Waals surface area contributed by atoms with Gasteiger partial charge in [-0.15, -0.1) is 11.3 Å². The maximum absolute atomic E-state index is 12.3. The minimum Gasteiger partial charge on any atom is -0.477 e. The monoisotopic (exact) mass is 315 g/mol. The first-order chi connectivity index (χ1) is 10.5. The lowest BCUT2D eigenvalue weighted by molar-refractivity contribution is -0.130. The summed E-state index contributed by atoms with van der Waals surface area (Å²) >= 11 is 0.958. The average molecular weight is 315 g/mol. The lowest BCUT2D eigenvalue weighted by Crippen LogP contribution is -2.31. The molecule has 0 aliphatic carbocycles. The van der Waals surface area contributed by atoms with Gasteiger partial charge in [0.15, 0.2) is 5.57 Å². The first-order valence-corrected chi connectivity index (χ1v) is 7.26. The summed E-state index contributed by atoms with van der Waals surface area (Å²) in [6.07, 6.45) is 3.52. The maximum atomic E-state index is 12.3. The lowest BCUT2D eigenvalue weighted by atomic mass is 10.3. The Morgan fingerprint density at radius 1 is 1.55 bits per heavy atom. The zero-order valence-corrected chi connectivity index (χ0v) is 12.8. The number of nitrogens with zero attached hydrogens (tertiary/aromatic N) is 3. The van der Waals surface area contributed by atoms with E-state index in [9.17, 15) is 9.59 Å². The van der Waals surface area contributed by atoms with Crippen LogP contribution < -0.4 is 14.8 Å². The molecular formula is C15H13N3O3S. The molecule has 2 aromatic heterocycles. The third kappa shape index (κ3) is 2.79. The van der Waals surface area contributed by atoms with Gasteiger partial charge in [-0.1, -0.05) is 5.73 Å². The van der Waals surface area contributed by atoms with Gasteiger partial charge in [0.25, 0.3) is 5.56 Å². The first-order valence-electron chi connectivity index (χ1n) is 6.45. The number of carbonyl (C=O) groups is 1. The third-order valence-corrected chi connectivity index (χ3v) is 4.19. The molecule has 0 saturated heterocycles. The Morgan fingerprint density at radius 2 is 2.27 bits per heavy atom. The zero-order valence-electron chi connectivity index (χ0n) is 12.0. The molecule has 1 N–H and O–H groups in total. The van der Waals surface area contributed by atoms with Crippen LogP contribution in [-0.2, 0) is 18.4 Å². The lowest BCUT2D eigenvalue weighted by Gasteiger charge is -1.95. The molecule has 2 aromatic rings. The molecule has 0 aliphatic heterocycles. The summed E-state index contributed by atoms with van der Waals surface area (Å²) in [5.74, 6) is -1.34. The molecule has 0 unspecified atom stereocenters. The minimum absolute atomic E-state index is 0.144. The average Bonchev–Trinajstić information content (AvgIpc) is 3.01. The quantitative estimate of drug-likeness (QED) is 0.871. The molecule has 7 heteroatoms. The number of aryl methyl sites for hydroxylation is 1. The number of aromatic nitrogens is 2. The van der Waals surface area contributed by atoms with Gasteiger partial charge in [-0.2, -0.15) is 5.26 Å². The SMILES string of the molecule is CCn1c(=O)c(=C=Cc2cccn2C)s/c1=C(/C#N)C(=O)O. The van der Waals surface area contributed by atoms with Crippen LogP contribution in [0.25, 0.3) is 17.4 Å². The van der Waals surface area contributed by atoms with Gasteiger partial charge in [-0.3, -0.25) is 9.36 Å². The number of hydrogen-bond acceptors (Lipinski definition) is 4. The smallest absolute Gasteiger partial charge is 0.349 e. The molecule has 0 radical (unpaired) electrons. The molecule has 0 aromatic carbocycles. The van der Waals surface area contributed by atoms with E-state index in [0.29, 0.717) is 0 Å². The Labute approximate surface area is 129 Å². The number of thiazole rings is 1. The Bertz CT molecular complexity index is 979. The number of carboxylic acids is 1. The fraction of sp³-hybridized carbons (Fsp3) is 0.200. The minimum atomic E-state index is -1.34. The molecule has 0 bridgehead atoms. The molecule has 0 aliphatic rings. The summed E-state index contributed by atoms with van der Waals surface area (Å²) < 4.78 is 3.56. The van der Waals surface area contributed by atoms with E-state index in [-0.39, 0.29) is 21.3 Å². The van der Waals surface area contributed by atoms with Crippen molar-refractivity contribution in [3.63, 3.8) is 0 Å². The highest BCUT2D eigenvalue weighted by atomic mass is 32.1. The summed E-state index contributed by atoms with van der Waals surface area (Å²) in [6, 6.07) is 5.37. The summed E-state index contributed by atoms with van der Waals surface area (Å²) in [5, 5.41) is 18.0. The number of rotatable bonds is 3. The second-order valence-electron chi connectivity index (χ2n) is 4.41. The normalized spacial score (nSPS) is 11.5. The molecular weight excluding hydrogens is 302 g/mol. The van der Waals surface area contributed by atoms with E-state index in [1.54, 1.807) is 19.1 Å². The van der Waals surface area contributed by atoms with E-state index >= 15 is 0 Å². The van der Waals surface area contributed by atoms with Crippen LogP contribution >= 0.6 is 11.3 Å². The third-order valence-electron chi connectivity index (χ3n) is 3.07. The van der Waals surface area contributed by atoms with Crippen molar-refractivity contribution in [3.05, 3.63) is 43.6 Å². The highest BCUT2D eigenvalue weighted by molar-refractivity contribution is 7.07. The van der Waals surface area contributed by atoms with Crippen LogP contribution in [0.4, 0.5) is 0 Å². The number of nitriles is 1. The number of carboxylic acid groups (broad SMARTS) is 1. The molecule has 0 spiro atoms. The van der Waals surface area contributed by atoms with Crippen molar-refractivity contribution in [2.24, 2.45) is 7.05 Å². The Kier molecular flexibility index (Phi) is 4.47. The molecule has 2 rings (SSSR count). The van der Waals surface area contributed by atoms with Crippen molar-refractivity contribution in [2.75, 3.05) is 0 Å². The molecule has 0 saturated carbocycles. The van der Waals surface area contributed by atoms with E-state index in [1.165, 1.54) is 4.57 Å². The van der Waals surface area contributed by atoms with Crippen molar-refractivity contribution in [2.45, 2.75) is 13.5 Å². The molecule has 6 nitrogen and oxygen atoms in total. The van der Waals surface area contributed by atoms with Crippen LogP contribution in [-0.4, -0.2) is 20.2 Å². The molecule has 0 amide bonds. The van der Waals surface area contributed by atoms with Crippen LogP contribution in [0, 0.1) is 11.3 Å². The summed E-state index contributed by atoms with van der Waals surface area (Å²) in [4.78, 5) is 23.4. The Balaban J connectivity index is 2.83. The summed E-state index contributed by atoms with van der Waals surface area (Å²) in [7, 11) is 1.86. The molecule has 112 valence electrons. The fourth-order valence-electron chi connectivity index (χ4n) is 1.93. The number of aliphatic carboxylic acids is 1. The van der Waals surface area contributed by atoms with Crippen LogP contribution in [0.5, 0.6) is 0 Å². The maximum Gasteiger partial charge on any atom is 0.349 e. The number of hydrogen-bond donors (Lipinski definition) is 1.